The zero-order chi connectivity index (χ0) is 17.1. The number of hydrogen-bond acceptors (Lipinski definition) is 4. The Morgan fingerprint density at radius 1 is 1.50 bits per heavy atom. The summed E-state index contributed by atoms with van der Waals surface area (Å²) in [6.45, 7) is 9.28. The van der Waals surface area contributed by atoms with Gasteiger partial charge in [-0.1, -0.05) is 6.07 Å². The molecular formula is C18H26N4O2. The van der Waals surface area contributed by atoms with Crippen LogP contribution in [0.5, 0.6) is 0 Å². The van der Waals surface area contributed by atoms with E-state index in [9.17, 15) is 4.79 Å². The maximum Gasteiger partial charge on any atom is 0.222 e. The predicted molar refractivity (Wildman–Crippen MR) is 92.8 cm³/mol. The van der Waals surface area contributed by atoms with Crippen molar-refractivity contribution in [1.29, 1.82) is 0 Å². The third kappa shape index (κ3) is 3.94. The van der Waals surface area contributed by atoms with Gasteiger partial charge in [0.25, 0.3) is 0 Å². The largest absolute Gasteiger partial charge is 0.375 e. The van der Waals surface area contributed by atoms with Crippen LogP contribution in [-0.2, 0) is 16.1 Å². The van der Waals surface area contributed by atoms with Gasteiger partial charge in [-0.2, -0.15) is 0 Å². The van der Waals surface area contributed by atoms with Gasteiger partial charge < -0.3 is 14.5 Å². The lowest BCUT2D eigenvalue weighted by Gasteiger charge is -2.35. The Kier molecular flexibility index (Phi) is 5.16. The summed E-state index contributed by atoms with van der Waals surface area (Å²) in [7, 11) is 0. The van der Waals surface area contributed by atoms with Crippen LogP contribution in [0.4, 0.5) is 0 Å². The molecule has 0 spiro atoms. The molecule has 130 valence electrons. The third-order valence-corrected chi connectivity index (χ3v) is 4.51. The van der Waals surface area contributed by atoms with E-state index in [2.05, 4.69) is 29.0 Å². The van der Waals surface area contributed by atoms with Gasteiger partial charge >= 0.3 is 0 Å². The normalized spacial score (nSPS) is 19.1. The van der Waals surface area contributed by atoms with Crippen LogP contribution in [0.2, 0.25) is 0 Å². The second-order valence-corrected chi connectivity index (χ2v) is 6.72. The SMILES string of the molecule is Cc1cccn2cc(CNC(=O)CC3CN(C(C)C)CCO3)nc12. The molecule has 1 aliphatic rings. The van der Waals surface area contributed by atoms with Crippen molar-refractivity contribution in [1.82, 2.24) is 19.6 Å². The van der Waals surface area contributed by atoms with Crippen molar-refractivity contribution in [3.8, 4) is 0 Å². The molecule has 3 rings (SSSR count). The first-order chi connectivity index (χ1) is 11.5. The number of aryl methyl sites for hydroxylation is 1. The lowest BCUT2D eigenvalue weighted by atomic mass is 10.1. The highest BCUT2D eigenvalue weighted by Crippen LogP contribution is 2.12. The first kappa shape index (κ1) is 16.9. The lowest BCUT2D eigenvalue weighted by Crippen LogP contribution is -2.47. The minimum absolute atomic E-state index is 0.0133. The van der Waals surface area contributed by atoms with E-state index in [4.69, 9.17) is 4.74 Å². The van der Waals surface area contributed by atoms with Crippen molar-refractivity contribution >= 4 is 11.6 Å². The van der Waals surface area contributed by atoms with Crippen molar-refractivity contribution in [3.05, 3.63) is 35.8 Å². The number of aromatic nitrogens is 2. The third-order valence-electron chi connectivity index (χ3n) is 4.51. The first-order valence-electron chi connectivity index (χ1n) is 8.58. The molecule has 1 amide bonds. The van der Waals surface area contributed by atoms with E-state index < -0.39 is 0 Å². The van der Waals surface area contributed by atoms with Crippen LogP contribution >= 0.6 is 0 Å². The standard InChI is InChI=1S/C18H26N4O2/c1-13(2)21-7-8-24-16(12-21)9-17(23)19-10-15-11-22-6-4-5-14(3)18(22)20-15/h4-6,11,13,16H,7-10,12H2,1-3H3,(H,19,23). The fraction of sp³-hybridized carbons (Fsp3) is 0.556. The van der Waals surface area contributed by atoms with Crippen LogP contribution in [0.15, 0.2) is 24.5 Å². The zero-order valence-electron chi connectivity index (χ0n) is 14.7. The lowest BCUT2D eigenvalue weighted by molar-refractivity contribution is -0.126. The highest BCUT2D eigenvalue weighted by atomic mass is 16.5. The number of nitrogens with one attached hydrogen (secondary N) is 1. The summed E-state index contributed by atoms with van der Waals surface area (Å²) in [5, 5.41) is 2.96. The molecule has 6 heteroatoms. The summed E-state index contributed by atoms with van der Waals surface area (Å²) in [4.78, 5) is 19.1. The Bertz CT molecular complexity index is 710. The highest BCUT2D eigenvalue weighted by molar-refractivity contribution is 5.76. The van der Waals surface area contributed by atoms with Gasteiger partial charge in [-0.15, -0.1) is 0 Å². The number of amides is 1. The number of ether oxygens (including phenoxy) is 1. The molecule has 0 aromatic carbocycles. The number of carbonyl (C=O) groups excluding carboxylic acids is 1. The van der Waals surface area contributed by atoms with Crippen LogP contribution in [0.25, 0.3) is 5.65 Å². The molecule has 0 aliphatic carbocycles. The van der Waals surface area contributed by atoms with Crippen molar-refractivity contribution in [3.63, 3.8) is 0 Å². The Balaban J connectivity index is 1.52. The Labute approximate surface area is 142 Å². The van der Waals surface area contributed by atoms with E-state index in [1.165, 1.54) is 0 Å². The molecule has 1 aliphatic heterocycles. The van der Waals surface area contributed by atoms with E-state index in [0.717, 1.165) is 30.0 Å². The molecule has 0 saturated carbocycles. The van der Waals surface area contributed by atoms with Gasteiger partial charge in [0.05, 0.1) is 31.4 Å². The van der Waals surface area contributed by atoms with Gasteiger partial charge in [0.2, 0.25) is 5.91 Å². The smallest absolute Gasteiger partial charge is 0.222 e. The number of pyridine rings is 1. The first-order valence-corrected chi connectivity index (χ1v) is 8.58. The molecule has 24 heavy (non-hydrogen) atoms. The van der Waals surface area contributed by atoms with E-state index in [-0.39, 0.29) is 12.0 Å². The molecular weight excluding hydrogens is 304 g/mol. The summed E-state index contributed by atoms with van der Waals surface area (Å²) < 4.78 is 7.71. The van der Waals surface area contributed by atoms with Crippen LogP contribution in [0.1, 0.15) is 31.5 Å². The Hall–Kier alpha value is -1.92. The van der Waals surface area contributed by atoms with Crippen LogP contribution < -0.4 is 5.32 Å². The Morgan fingerprint density at radius 3 is 3.08 bits per heavy atom. The summed E-state index contributed by atoms with van der Waals surface area (Å²) in [5.74, 6) is 0.0133. The van der Waals surface area contributed by atoms with Crippen LogP contribution in [0, 0.1) is 6.92 Å². The predicted octanol–water partition coefficient (Wildman–Crippen LogP) is 1.76. The number of rotatable bonds is 5. The van der Waals surface area contributed by atoms with Crippen molar-refractivity contribution < 1.29 is 9.53 Å². The fourth-order valence-corrected chi connectivity index (χ4v) is 3.09. The average Bonchev–Trinajstić information content (AvgIpc) is 2.98. The molecule has 1 unspecified atom stereocenters. The second-order valence-electron chi connectivity index (χ2n) is 6.72. The minimum atomic E-state index is -0.0236. The van der Waals surface area contributed by atoms with Crippen molar-refractivity contribution in [2.24, 2.45) is 0 Å². The summed E-state index contributed by atoms with van der Waals surface area (Å²) >= 11 is 0. The van der Waals surface area contributed by atoms with Gasteiger partial charge in [0, 0.05) is 31.5 Å². The average molecular weight is 330 g/mol. The second kappa shape index (κ2) is 7.32. The number of morpholine rings is 1. The topological polar surface area (TPSA) is 58.9 Å². The maximum atomic E-state index is 12.2. The number of imidazole rings is 1. The molecule has 1 saturated heterocycles. The maximum absolute atomic E-state index is 12.2. The van der Waals surface area contributed by atoms with Gasteiger partial charge in [0.1, 0.15) is 5.65 Å². The molecule has 3 heterocycles. The summed E-state index contributed by atoms with van der Waals surface area (Å²) in [5.41, 5.74) is 2.93. The molecule has 1 N–H and O–H groups in total. The van der Waals surface area contributed by atoms with Crippen LogP contribution in [-0.4, -0.2) is 52.0 Å². The molecule has 1 fully saturated rings. The zero-order valence-corrected chi connectivity index (χ0v) is 14.7. The molecule has 6 nitrogen and oxygen atoms in total. The molecule has 2 aromatic heterocycles. The molecule has 1 atom stereocenters. The van der Waals surface area contributed by atoms with Gasteiger partial charge in [0.15, 0.2) is 0 Å². The van der Waals surface area contributed by atoms with Crippen molar-refractivity contribution in [2.45, 2.75) is 45.9 Å². The highest BCUT2D eigenvalue weighted by Gasteiger charge is 2.24. The number of carbonyl (C=O) groups is 1. The minimum Gasteiger partial charge on any atom is -0.375 e. The number of hydrogen-bond donors (Lipinski definition) is 1. The van der Waals surface area contributed by atoms with Crippen LogP contribution in [0.3, 0.4) is 0 Å². The number of fused-ring (bicyclic) bond motifs is 1. The molecule has 2 aromatic rings. The van der Waals surface area contributed by atoms with Gasteiger partial charge in [-0.05, 0) is 32.4 Å². The van der Waals surface area contributed by atoms with Crippen molar-refractivity contribution in [2.75, 3.05) is 19.7 Å². The molecule has 0 radical (unpaired) electrons. The van der Waals surface area contributed by atoms with E-state index in [1.807, 2.05) is 35.9 Å². The van der Waals surface area contributed by atoms with Gasteiger partial charge in [-0.3, -0.25) is 9.69 Å². The van der Waals surface area contributed by atoms with Gasteiger partial charge in [-0.25, -0.2) is 4.98 Å². The van der Waals surface area contributed by atoms with E-state index in [1.54, 1.807) is 0 Å². The van der Waals surface area contributed by atoms with E-state index in [0.29, 0.717) is 25.6 Å². The van der Waals surface area contributed by atoms with E-state index >= 15 is 0 Å². The summed E-state index contributed by atoms with van der Waals surface area (Å²) in [6, 6.07) is 4.51. The molecule has 0 bridgehead atoms. The summed E-state index contributed by atoms with van der Waals surface area (Å²) in [6.07, 6.45) is 4.30. The monoisotopic (exact) mass is 330 g/mol. The quantitative estimate of drug-likeness (QED) is 0.907. The number of nitrogens with zero attached hydrogens (tertiary/aromatic N) is 3. The Morgan fingerprint density at radius 2 is 2.33 bits per heavy atom. The fourth-order valence-electron chi connectivity index (χ4n) is 3.09.